The lowest BCUT2D eigenvalue weighted by Gasteiger charge is -2.31. The Morgan fingerprint density at radius 3 is 2.83 bits per heavy atom. The molecule has 0 saturated heterocycles. The van der Waals surface area contributed by atoms with Gasteiger partial charge in [-0.05, 0) is 42.2 Å². The molecule has 0 bridgehead atoms. The molecule has 1 saturated carbocycles. The van der Waals surface area contributed by atoms with Gasteiger partial charge >= 0.3 is 0 Å². The van der Waals surface area contributed by atoms with Crippen LogP contribution in [0.15, 0.2) is 36.7 Å². The Bertz CT molecular complexity index is 530. The molecule has 2 heteroatoms. The van der Waals surface area contributed by atoms with Gasteiger partial charge in [-0.25, -0.2) is 0 Å². The zero-order valence-corrected chi connectivity index (χ0v) is 10.7. The first kappa shape index (κ1) is 11.7. The molecule has 0 aliphatic heterocycles. The molecular formula is C16H20N2. The molecule has 2 atom stereocenters. The van der Waals surface area contributed by atoms with E-state index < -0.39 is 0 Å². The first-order valence-corrected chi connectivity index (χ1v) is 6.93. The van der Waals surface area contributed by atoms with Crippen molar-refractivity contribution in [2.45, 2.75) is 31.6 Å². The van der Waals surface area contributed by atoms with E-state index in [1.807, 2.05) is 6.20 Å². The Morgan fingerprint density at radius 1 is 1.11 bits per heavy atom. The summed E-state index contributed by atoms with van der Waals surface area (Å²) >= 11 is 0. The molecule has 2 N–H and O–H groups in total. The van der Waals surface area contributed by atoms with Crippen molar-refractivity contribution in [2.75, 3.05) is 6.54 Å². The van der Waals surface area contributed by atoms with E-state index in [0.717, 1.165) is 6.54 Å². The van der Waals surface area contributed by atoms with Crippen LogP contribution in [0.4, 0.5) is 0 Å². The van der Waals surface area contributed by atoms with Crippen molar-refractivity contribution < 1.29 is 0 Å². The topological polar surface area (TPSA) is 38.9 Å². The van der Waals surface area contributed by atoms with Crippen LogP contribution in [0, 0.1) is 5.92 Å². The molecular weight excluding hydrogens is 220 g/mol. The molecule has 0 radical (unpaired) electrons. The minimum absolute atomic E-state index is 0.599. The van der Waals surface area contributed by atoms with E-state index in [0.29, 0.717) is 11.8 Å². The standard InChI is InChI=1S/C16H20N2/c17-9-12-5-1-3-7-14(12)16-11-18-10-13-6-2-4-8-15(13)16/h2,4,6,8,10-12,14H,1,3,5,7,9,17H2. The first-order chi connectivity index (χ1) is 8.90. The number of benzene rings is 1. The molecule has 1 aromatic heterocycles. The minimum atomic E-state index is 0.599. The van der Waals surface area contributed by atoms with Crippen molar-refractivity contribution >= 4 is 10.8 Å². The summed E-state index contributed by atoms with van der Waals surface area (Å²) in [5.74, 6) is 1.23. The Balaban J connectivity index is 2.07. The van der Waals surface area contributed by atoms with E-state index in [-0.39, 0.29) is 0 Å². The lowest BCUT2D eigenvalue weighted by molar-refractivity contribution is 0.315. The number of nitrogens with zero attached hydrogens (tertiary/aromatic N) is 1. The monoisotopic (exact) mass is 240 g/mol. The van der Waals surface area contributed by atoms with Crippen LogP contribution in [0.1, 0.15) is 37.2 Å². The van der Waals surface area contributed by atoms with Gasteiger partial charge in [0.15, 0.2) is 0 Å². The molecule has 2 unspecified atom stereocenters. The summed E-state index contributed by atoms with van der Waals surface area (Å²) in [5, 5.41) is 2.61. The molecule has 2 aromatic rings. The smallest absolute Gasteiger partial charge is 0.0346 e. The maximum Gasteiger partial charge on any atom is 0.0346 e. The average Bonchev–Trinajstić information content (AvgIpc) is 2.46. The Labute approximate surface area is 108 Å². The molecule has 94 valence electrons. The maximum absolute atomic E-state index is 5.95. The van der Waals surface area contributed by atoms with Crippen molar-refractivity contribution in [2.24, 2.45) is 11.7 Å². The summed E-state index contributed by atoms with van der Waals surface area (Å²) < 4.78 is 0. The Kier molecular flexibility index (Phi) is 3.28. The van der Waals surface area contributed by atoms with Crippen LogP contribution < -0.4 is 5.73 Å². The van der Waals surface area contributed by atoms with Crippen LogP contribution in [-0.4, -0.2) is 11.5 Å². The van der Waals surface area contributed by atoms with Gasteiger partial charge in [0.2, 0.25) is 0 Å². The highest BCUT2D eigenvalue weighted by atomic mass is 14.6. The van der Waals surface area contributed by atoms with E-state index in [9.17, 15) is 0 Å². The predicted molar refractivity (Wildman–Crippen MR) is 75.5 cm³/mol. The number of nitrogens with two attached hydrogens (primary N) is 1. The van der Waals surface area contributed by atoms with Crippen LogP contribution in [0.3, 0.4) is 0 Å². The fourth-order valence-electron chi connectivity index (χ4n) is 3.33. The molecule has 18 heavy (non-hydrogen) atoms. The van der Waals surface area contributed by atoms with E-state index in [4.69, 9.17) is 5.73 Å². The summed E-state index contributed by atoms with van der Waals surface area (Å²) in [5.41, 5.74) is 7.36. The minimum Gasteiger partial charge on any atom is -0.330 e. The molecule has 1 aromatic carbocycles. The lowest BCUT2D eigenvalue weighted by Crippen LogP contribution is -2.25. The number of rotatable bonds is 2. The number of aromatic nitrogens is 1. The molecule has 1 heterocycles. The maximum atomic E-state index is 5.95. The normalized spacial score (nSPS) is 24.3. The third-order valence-corrected chi connectivity index (χ3v) is 4.31. The SMILES string of the molecule is NCC1CCCCC1c1cncc2ccccc12. The lowest BCUT2D eigenvalue weighted by atomic mass is 9.75. The van der Waals surface area contributed by atoms with Crippen molar-refractivity contribution in [1.29, 1.82) is 0 Å². The van der Waals surface area contributed by atoms with Gasteiger partial charge in [-0.15, -0.1) is 0 Å². The van der Waals surface area contributed by atoms with Crippen LogP contribution in [0.5, 0.6) is 0 Å². The van der Waals surface area contributed by atoms with Crippen LogP contribution in [0.2, 0.25) is 0 Å². The van der Waals surface area contributed by atoms with Gasteiger partial charge in [0, 0.05) is 17.8 Å². The van der Waals surface area contributed by atoms with Gasteiger partial charge in [-0.1, -0.05) is 37.1 Å². The largest absolute Gasteiger partial charge is 0.330 e. The zero-order chi connectivity index (χ0) is 12.4. The molecule has 2 nitrogen and oxygen atoms in total. The van der Waals surface area contributed by atoms with Crippen molar-refractivity contribution in [3.8, 4) is 0 Å². The molecule has 1 aliphatic carbocycles. The summed E-state index contributed by atoms with van der Waals surface area (Å²) in [6.07, 6.45) is 9.20. The second-order valence-electron chi connectivity index (χ2n) is 5.34. The van der Waals surface area contributed by atoms with Gasteiger partial charge in [0.05, 0.1) is 0 Å². The van der Waals surface area contributed by atoms with Crippen molar-refractivity contribution in [3.63, 3.8) is 0 Å². The highest BCUT2D eigenvalue weighted by molar-refractivity contribution is 5.85. The number of hydrogen-bond acceptors (Lipinski definition) is 2. The van der Waals surface area contributed by atoms with E-state index >= 15 is 0 Å². The highest BCUT2D eigenvalue weighted by Gasteiger charge is 2.26. The summed E-state index contributed by atoms with van der Waals surface area (Å²) in [6.45, 7) is 0.799. The molecule has 1 fully saturated rings. The van der Waals surface area contributed by atoms with Gasteiger partial charge < -0.3 is 5.73 Å². The summed E-state index contributed by atoms with van der Waals surface area (Å²) in [7, 11) is 0. The van der Waals surface area contributed by atoms with Gasteiger partial charge in [-0.3, -0.25) is 4.98 Å². The predicted octanol–water partition coefficient (Wildman–Crippen LogP) is 3.47. The quantitative estimate of drug-likeness (QED) is 0.873. The summed E-state index contributed by atoms with van der Waals surface area (Å²) in [4.78, 5) is 4.42. The highest BCUT2D eigenvalue weighted by Crippen LogP contribution is 2.39. The fourth-order valence-corrected chi connectivity index (χ4v) is 3.33. The zero-order valence-electron chi connectivity index (χ0n) is 10.7. The van der Waals surface area contributed by atoms with Crippen molar-refractivity contribution in [1.82, 2.24) is 4.98 Å². The van der Waals surface area contributed by atoms with Gasteiger partial charge in [0.25, 0.3) is 0 Å². The average molecular weight is 240 g/mol. The van der Waals surface area contributed by atoms with Crippen LogP contribution >= 0.6 is 0 Å². The van der Waals surface area contributed by atoms with E-state index in [1.165, 1.54) is 42.0 Å². The molecule has 1 aliphatic rings. The Morgan fingerprint density at radius 2 is 1.94 bits per heavy atom. The van der Waals surface area contributed by atoms with E-state index in [1.54, 1.807) is 0 Å². The van der Waals surface area contributed by atoms with Crippen LogP contribution in [-0.2, 0) is 0 Å². The third-order valence-electron chi connectivity index (χ3n) is 4.31. The Hall–Kier alpha value is -1.41. The molecule has 3 rings (SSSR count). The third kappa shape index (κ3) is 2.01. The first-order valence-electron chi connectivity index (χ1n) is 6.93. The summed E-state index contributed by atoms with van der Waals surface area (Å²) in [6, 6.07) is 8.56. The number of hydrogen-bond donors (Lipinski definition) is 1. The van der Waals surface area contributed by atoms with Gasteiger partial charge in [-0.2, -0.15) is 0 Å². The number of fused-ring (bicyclic) bond motifs is 1. The fraction of sp³-hybridized carbons (Fsp3) is 0.438. The van der Waals surface area contributed by atoms with Gasteiger partial charge in [0.1, 0.15) is 0 Å². The van der Waals surface area contributed by atoms with Crippen LogP contribution in [0.25, 0.3) is 10.8 Å². The van der Waals surface area contributed by atoms with E-state index in [2.05, 4.69) is 35.4 Å². The second-order valence-corrected chi connectivity index (χ2v) is 5.34. The molecule has 0 amide bonds. The molecule has 0 spiro atoms. The second kappa shape index (κ2) is 5.07. The number of pyridine rings is 1. The van der Waals surface area contributed by atoms with Crippen molar-refractivity contribution in [3.05, 3.63) is 42.2 Å².